The van der Waals surface area contributed by atoms with Gasteiger partial charge >= 0.3 is 0 Å². The van der Waals surface area contributed by atoms with Crippen LogP contribution >= 0.6 is 0 Å². The minimum Gasteiger partial charge on any atom is -0.414 e. The van der Waals surface area contributed by atoms with Crippen LogP contribution in [0.15, 0.2) is 0 Å². The second-order valence-electron chi connectivity index (χ2n) is 20.2. The van der Waals surface area contributed by atoms with Crippen LogP contribution in [0.25, 0.3) is 0 Å². The van der Waals surface area contributed by atoms with E-state index >= 15 is 0 Å². The third-order valence-electron chi connectivity index (χ3n) is 12.1. The minimum absolute atomic E-state index is 0.0111. The average molecular weight is 749 g/mol. The van der Waals surface area contributed by atoms with Crippen LogP contribution in [0.2, 0.25) is 54.4 Å². The lowest BCUT2D eigenvalue weighted by atomic mass is 9.99. The van der Waals surface area contributed by atoms with Crippen LogP contribution in [0.3, 0.4) is 0 Å². The zero-order valence-electron chi connectivity index (χ0n) is 34.4. The zero-order valence-corrected chi connectivity index (χ0v) is 37.4. The van der Waals surface area contributed by atoms with Gasteiger partial charge in [0.05, 0.1) is 25.4 Å². The Morgan fingerprint density at radius 1 is 0.571 bits per heavy atom. The fourth-order valence-electron chi connectivity index (χ4n) is 6.01. The van der Waals surface area contributed by atoms with Gasteiger partial charge in [-0.3, -0.25) is 0 Å². The molecular weight excluding hydrogens is 677 g/mol. The van der Waals surface area contributed by atoms with Crippen LogP contribution in [0.4, 0.5) is 0 Å². The topological polar surface area (TPSA) is 92.3 Å². The lowest BCUT2D eigenvalue weighted by molar-refractivity contribution is -0.281. The molecule has 10 nitrogen and oxygen atoms in total. The Kier molecular flexibility index (Phi) is 11.9. The van der Waals surface area contributed by atoms with Gasteiger partial charge in [-0.15, -0.1) is 0 Å². The summed E-state index contributed by atoms with van der Waals surface area (Å²) in [5, 5.41) is 0.0769. The highest BCUT2D eigenvalue weighted by atomic mass is 28.4. The fraction of sp³-hybridized carbons (Fsp3) is 1.00. The first-order valence-corrected chi connectivity index (χ1v) is 27.2. The van der Waals surface area contributed by atoms with Crippen LogP contribution in [-0.2, 0) is 46.4 Å². The summed E-state index contributed by atoms with van der Waals surface area (Å²) >= 11 is 0. The van der Waals surface area contributed by atoms with Gasteiger partial charge in [0.25, 0.3) is 0 Å². The molecule has 9 unspecified atom stereocenters. The van der Waals surface area contributed by atoms with E-state index in [0.717, 1.165) is 0 Å². The molecule has 0 bridgehead atoms. The fourth-order valence-corrected chi connectivity index (χ4v) is 9.70. The van der Waals surface area contributed by atoms with Crippen molar-refractivity contribution in [2.75, 3.05) is 13.2 Å². The standard InChI is InChI=1S/C36H72O10Si3/c1-32(2,3)47(14,15)38-22-25-27(46-49(18,19)34(7,8)9)23(45-48(16,17)33(4,5)6)20-26(39-25)37-21-24-28-29(42-35(10,11)41-28)30-31(40-24)44-36(12,13)43-30/h23-31H,20-22H2,1-19H3. The molecule has 0 aromatic heterocycles. The monoisotopic (exact) mass is 748 g/mol. The molecule has 0 radical (unpaired) electrons. The Morgan fingerprint density at radius 3 is 1.61 bits per heavy atom. The van der Waals surface area contributed by atoms with Crippen LogP contribution < -0.4 is 0 Å². The molecule has 4 fully saturated rings. The van der Waals surface area contributed by atoms with Crippen LogP contribution in [-0.4, -0.2) is 105 Å². The van der Waals surface area contributed by atoms with Crippen molar-refractivity contribution >= 4 is 25.0 Å². The molecule has 0 saturated carbocycles. The largest absolute Gasteiger partial charge is 0.414 e. The van der Waals surface area contributed by atoms with Crippen LogP contribution in [0.5, 0.6) is 0 Å². The SMILES string of the molecule is CC1(C)OC2OC(COC3CC(O[Si](C)(C)C(C)(C)C)C(O[Si](C)(C)C(C)(C)C)C(CO[Si](C)(C)C(C)(C)C)O3)C3OC(C)(C)OC3C2O1. The van der Waals surface area contributed by atoms with E-state index in [0.29, 0.717) is 13.0 Å². The molecule has 13 heteroatoms. The first-order chi connectivity index (χ1) is 21.8. The third kappa shape index (κ3) is 9.50. The van der Waals surface area contributed by atoms with Gasteiger partial charge in [-0.1, -0.05) is 62.3 Å². The van der Waals surface area contributed by atoms with Crippen molar-refractivity contribution in [3.05, 3.63) is 0 Å². The normalized spacial score (nSPS) is 35.7. The van der Waals surface area contributed by atoms with Crippen molar-refractivity contribution in [2.45, 2.75) is 218 Å². The van der Waals surface area contributed by atoms with E-state index < -0.39 is 61.3 Å². The molecule has 4 rings (SSSR count). The van der Waals surface area contributed by atoms with Crippen molar-refractivity contribution in [3.63, 3.8) is 0 Å². The first-order valence-electron chi connectivity index (χ1n) is 18.5. The molecule has 4 heterocycles. The van der Waals surface area contributed by atoms with Gasteiger partial charge in [-0.05, 0) is 82.1 Å². The highest BCUT2D eigenvalue weighted by Gasteiger charge is 2.61. The second kappa shape index (κ2) is 13.8. The van der Waals surface area contributed by atoms with Gasteiger partial charge in [0, 0.05) is 6.42 Å². The van der Waals surface area contributed by atoms with Crippen molar-refractivity contribution in [3.8, 4) is 0 Å². The summed E-state index contributed by atoms with van der Waals surface area (Å²) in [6, 6.07) is 0. The van der Waals surface area contributed by atoms with Gasteiger partial charge in [0.1, 0.15) is 30.5 Å². The molecule has 0 N–H and O–H groups in total. The molecule has 0 aliphatic carbocycles. The Morgan fingerprint density at radius 2 is 1.06 bits per heavy atom. The van der Waals surface area contributed by atoms with Crippen molar-refractivity contribution < 1.29 is 46.4 Å². The van der Waals surface area contributed by atoms with E-state index in [9.17, 15) is 0 Å². The first kappa shape index (κ1) is 42.0. The van der Waals surface area contributed by atoms with Gasteiger partial charge in [0.15, 0.2) is 49.1 Å². The van der Waals surface area contributed by atoms with Gasteiger partial charge in [0.2, 0.25) is 0 Å². The van der Waals surface area contributed by atoms with Gasteiger partial charge < -0.3 is 46.4 Å². The van der Waals surface area contributed by atoms with Crippen molar-refractivity contribution in [1.29, 1.82) is 0 Å². The lowest BCUT2D eigenvalue weighted by Crippen LogP contribution is -2.61. The average Bonchev–Trinajstić information content (AvgIpc) is 3.39. The molecule has 0 spiro atoms. The predicted molar refractivity (Wildman–Crippen MR) is 199 cm³/mol. The lowest BCUT2D eigenvalue weighted by Gasteiger charge is -2.50. The summed E-state index contributed by atoms with van der Waals surface area (Å²) in [6.07, 6.45) is -3.09. The van der Waals surface area contributed by atoms with E-state index in [1.807, 2.05) is 27.7 Å². The molecule has 49 heavy (non-hydrogen) atoms. The second-order valence-corrected chi connectivity index (χ2v) is 34.5. The summed E-state index contributed by atoms with van der Waals surface area (Å²) in [5.74, 6) is -1.57. The number of hydrogen-bond donors (Lipinski definition) is 0. The third-order valence-corrected chi connectivity index (χ3v) is 25.6. The highest BCUT2D eigenvalue weighted by molar-refractivity contribution is 6.75. The number of ether oxygens (including phenoxy) is 7. The molecule has 4 saturated heterocycles. The maximum absolute atomic E-state index is 7.27. The molecule has 4 aliphatic heterocycles. The Labute approximate surface area is 301 Å². The number of fused-ring (bicyclic) bond motifs is 3. The maximum atomic E-state index is 7.27. The molecule has 4 aliphatic rings. The van der Waals surface area contributed by atoms with E-state index in [1.54, 1.807) is 0 Å². The summed E-state index contributed by atoms with van der Waals surface area (Å²) in [4.78, 5) is 0. The molecule has 288 valence electrons. The molecule has 0 amide bonds. The van der Waals surface area contributed by atoms with E-state index in [2.05, 4.69) is 102 Å². The molecule has 0 aromatic carbocycles. The molecular formula is C36H72O10Si3. The van der Waals surface area contributed by atoms with E-state index in [4.69, 9.17) is 46.4 Å². The number of rotatable bonds is 10. The van der Waals surface area contributed by atoms with Crippen LogP contribution in [0.1, 0.15) is 96.4 Å². The van der Waals surface area contributed by atoms with Crippen molar-refractivity contribution in [2.24, 2.45) is 0 Å². The zero-order chi connectivity index (χ0) is 37.4. The summed E-state index contributed by atoms with van der Waals surface area (Å²) in [7, 11) is -6.56. The molecule has 9 atom stereocenters. The summed E-state index contributed by atoms with van der Waals surface area (Å²) in [6.45, 7) is 42.5. The summed E-state index contributed by atoms with van der Waals surface area (Å²) in [5.41, 5.74) is 0. The Balaban J connectivity index is 1.63. The Bertz CT molecular complexity index is 1140. The van der Waals surface area contributed by atoms with Gasteiger partial charge in [-0.2, -0.15) is 0 Å². The Hall–Kier alpha value is 0.251. The number of hydrogen-bond acceptors (Lipinski definition) is 10. The minimum atomic E-state index is -2.23. The van der Waals surface area contributed by atoms with Crippen LogP contribution in [0, 0.1) is 0 Å². The molecule has 0 aromatic rings. The summed E-state index contributed by atoms with van der Waals surface area (Å²) < 4.78 is 66.5. The van der Waals surface area contributed by atoms with Gasteiger partial charge in [-0.25, -0.2) is 0 Å². The quantitative estimate of drug-likeness (QED) is 0.203. The van der Waals surface area contributed by atoms with Crippen molar-refractivity contribution in [1.82, 2.24) is 0 Å². The van der Waals surface area contributed by atoms with E-state index in [1.165, 1.54) is 0 Å². The highest BCUT2D eigenvalue weighted by Crippen LogP contribution is 2.46. The maximum Gasteiger partial charge on any atom is 0.192 e. The predicted octanol–water partition coefficient (Wildman–Crippen LogP) is 8.32. The smallest absolute Gasteiger partial charge is 0.192 e. The van der Waals surface area contributed by atoms with E-state index in [-0.39, 0.29) is 52.2 Å².